The fourth-order valence-corrected chi connectivity index (χ4v) is 2.79. The molecule has 1 aromatic carbocycles. The van der Waals surface area contributed by atoms with Crippen LogP contribution in [0.1, 0.15) is 39.7 Å². The van der Waals surface area contributed by atoms with Crippen molar-refractivity contribution < 1.29 is 19.1 Å². The second kappa shape index (κ2) is 7.03. The molecular formula is C18H24N2O4. The van der Waals surface area contributed by atoms with E-state index in [4.69, 9.17) is 4.74 Å². The number of urea groups is 1. The predicted molar refractivity (Wildman–Crippen MR) is 89.0 cm³/mol. The predicted octanol–water partition coefficient (Wildman–Crippen LogP) is 2.57. The first-order valence-corrected chi connectivity index (χ1v) is 8.10. The highest BCUT2D eigenvalue weighted by atomic mass is 16.5. The molecule has 130 valence electrons. The highest BCUT2D eigenvalue weighted by molar-refractivity contribution is 6.06. The largest absolute Gasteiger partial charge is 0.466 e. The van der Waals surface area contributed by atoms with Crippen LogP contribution < -0.4 is 0 Å². The number of nitrogens with zero attached hydrogens (tertiary/aromatic N) is 2. The Morgan fingerprint density at radius 1 is 1.17 bits per heavy atom. The van der Waals surface area contributed by atoms with Crippen molar-refractivity contribution in [2.24, 2.45) is 0 Å². The minimum atomic E-state index is -0.823. The van der Waals surface area contributed by atoms with E-state index in [2.05, 4.69) is 0 Å². The molecule has 0 aromatic heterocycles. The molecular weight excluding hydrogens is 308 g/mol. The molecule has 1 saturated heterocycles. The van der Waals surface area contributed by atoms with Crippen molar-refractivity contribution in [3.05, 3.63) is 35.9 Å². The minimum Gasteiger partial charge on any atom is -0.466 e. The first kappa shape index (κ1) is 18.0. The summed E-state index contributed by atoms with van der Waals surface area (Å²) in [6, 6.07) is 8.22. The Morgan fingerprint density at radius 3 is 2.33 bits per heavy atom. The smallest absolute Gasteiger partial charge is 0.328 e. The average molecular weight is 332 g/mol. The van der Waals surface area contributed by atoms with Crippen molar-refractivity contribution in [2.75, 3.05) is 6.61 Å². The minimum absolute atomic E-state index is 0.127. The van der Waals surface area contributed by atoms with Crippen molar-refractivity contribution in [3.63, 3.8) is 0 Å². The lowest BCUT2D eigenvalue weighted by Crippen LogP contribution is -2.46. The molecule has 0 bridgehead atoms. The van der Waals surface area contributed by atoms with Gasteiger partial charge >= 0.3 is 12.0 Å². The van der Waals surface area contributed by atoms with Gasteiger partial charge in [-0.2, -0.15) is 0 Å². The monoisotopic (exact) mass is 332 g/mol. The van der Waals surface area contributed by atoms with Crippen molar-refractivity contribution in [1.82, 2.24) is 9.80 Å². The zero-order valence-electron chi connectivity index (χ0n) is 14.6. The summed E-state index contributed by atoms with van der Waals surface area (Å²) in [5.74, 6) is -0.825. The third-order valence-corrected chi connectivity index (χ3v) is 3.85. The second-order valence-electron chi connectivity index (χ2n) is 6.77. The van der Waals surface area contributed by atoms with E-state index in [1.165, 1.54) is 9.80 Å². The third kappa shape index (κ3) is 3.75. The van der Waals surface area contributed by atoms with Gasteiger partial charge in [0.1, 0.15) is 6.04 Å². The Balaban J connectivity index is 2.29. The molecule has 0 aliphatic carbocycles. The molecule has 1 aliphatic heterocycles. The Hall–Kier alpha value is -2.37. The van der Waals surface area contributed by atoms with E-state index in [1.54, 1.807) is 27.7 Å². The van der Waals surface area contributed by atoms with Gasteiger partial charge in [0.25, 0.3) is 5.91 Å². The standard InChI is InChI=1S/C18H24N2O4/c1-5-24-15(21)11-14-16(22)20(18(2,3)4)17(23)19(14)12-13-9-7-6-8-10-13/h6-10,14H,5,11-12H2,1-4H3. The molecule has 1 heterocycles. The van der Waals surface area contributed by atoms with Crippen molar-refractivity contribution >= 4 is 17.9 Å². The summed E-state index contributed by atoms with van der Waals surface area (Å²) >= 11 is 0. The molecule has 0 saturated carbocycles. The van der Waals surface area contributed by atoms with Crippen molar-refractivity contribution in [2.45, 2.75) is 52.2 Å². The number of amides is 3. The molecule has 1 unspecified atom stereocenters. The quantitative estimate of drug-likeness (QED) is 0.614. The van der Waals surface area contributed by atoms with E-state index >= 15 is 0 Å². The summed E-state index contributed by atoms with van der Waals surface area (Å²) in [4.78, 5) is 40.1. The van der Waals surface area contributed by atoms with Crippen LogP contribution in [0.5, 0.6) is 0 Å². The fraction of sp³-hybridized carbons (Fsp3) is 0.500. The second-order valence-corrected chi connectivity index (χ2v) is 6.77. The molecule has 24 heavy (non-hydrogen) atoms. The fourth-order valence-electron chi connectivity index (χ4n) is 2.79. The molecule has 1 atom stereocenters. The first-order valence-electron chi connectivity index (χ1n) is 8.10. The zero-order valence-corrected chi connectivity index (χ0v) is 14.6. The number of benzene rings is 1. The Bertz CT molecular complexity index is 622. The molecule has 1 aromatic rings. The van der Waals surface area contributed by atoms with Gasteiger partial charge in [-0.3, -0.25) is 14.5 Å². The maximum absolute atomic E-state index is 12.8. The molecule has 2 rings (SSSR count). The van der Waals surface area contributed by atoms with Gasteiger partial charge in [0, 0.05) is 12.1 Å². The number of rotatable bonds is 5. The Morgan fingerprint density at radius 2 is 1.79 bits per heavy atom. The lowest BCUT2D eigenvalue weighted by molar-refractivity contribution is -0.146. The molecule has 0 N–H and O–H groups in total. The Labute approximate surface area is 142 Å². The van der Waals surface area contributed by atoms with Crippen LogP contribution in [0.25, 0.3) is 0 Å². The van der Waals surface area contributed by atoms with Gasteiger partial charge in [-0.1, -0.05) is 30.3 Å². The molecule has 3 amide bonds. The van der Waals surface area contributed by atoms with E-state index < -0.39 is 17.6 Å². The van der Waals surface area contributed by atoms with Gasteiger partial charge in [0.2, 0.25) is 0 Å². The highest BCUT2D eigenvalue weighted by Gasteiger charge is 2.50. The third-order valence-electron chi connectivity index (χ3n) is 3.85. The summed E-state index contributed by atoms with van der Waals surface area (Å²) in [5, 5.41) is 0. The molecule has 1 aliphatic rings. The topological polar surface area (TPSA) is 66.9 Å². The lowest BCUT2D eigenvalue weighted by Gasteiger charge is -2.29. The zero-order chi connectivity index (χ0) is 17.9. The van der Waals surface area contributed by atoms with Gasteiger partial charge in [-0.25, -0.2) is 4.79 Å². The normalized spacial score (nSPS) is 18.2. The average Bonchev–Trinajstić information content (AvgIpc) is 2.72. The van der Waals surface area contributed by atoms with Gasteiger partial charge in [0.05, 0.1) is 13.0 Å². The van der Waals surface area contributed by atoms with Crippen LogP contribution in [0, 0.1) is 0 Å². The molecule has 0 radical (unpaired) electrons. The first-order chi connectivity index (χ1) is 11.3. The van der Waals surface area contributed by atoms with Crippen LogP contribution in [-0.2, 0) is 20.9 Å². The molecule has 6 nitrogen and oxygen atoms in total. The number of esters is 1. The van der Waals surface area contributed by atoms with Gasteiger partial charge in [-0.05, 0) is 33.3 Å². The van der Waals surface area contributed by atoms with Crippen molar-refractivity contribution in [1.29, 1.82) is 0 Å². The van der Waals surface area contributed by atoms with Crippen LogP contribution in [0.2, 0.25) is 0 Å². The number of hydrogen-bond acceptors (Lipinski definition) is 4. The summed E-state index contributed by atoms with van der Waals surface area (Å²) in [5.41, 5.74) is 0.259. The van der Waals surface area contributed by atoms with E-state index in [1.807, 2.05) is 30.3 Å². The van der Waals surface area contributed by atoms with Crippen LogP contribution in [0.3, 0.4) is 0 Å². The van der Waals surface area contributed by atoms with Crippen molar-refractivity contribution in [3.8, 4) is 0 Å². The molecule has 6 heteroatoms. The Kier molecular flexibility index (Phi) is 5.26. The summed E-state index contributed by atoms with van der Waals surface area (Å²) in [7, 11) is 0. The SMILES string of the molecule is CCOC(=O)CC1C(=O)N(C(C)(C)C)C(=O)N1Cc1ccccc1. The van der Waals surface area contributed by atoms with Crippen LogP contribution in [0.15, 0.2) is 30.3 Å². The summed E-state index contributed by atoms with van der Waals surface area (Å²) < 4.78 is 4.96. The van der Waals surface area contributed by atoms with Crippen LogP contribution in [-0.4, -0.2) is 45.9 Å². The van der Waals surface area contributed by atoms with E-state index in [0.717, 1.165) is 5.56 Å². The number of imide groups is 1. The number of ether oxygens (including phenoxy) is 1. The lowest BCUT2D eigenvalue weighted by atomic mass is 10.1. The van der Waals surface area contributed by atoms with Crippen LogP contribution in [0.4, 0.5) is 4.79 Å². The summed E-state index contributed by atoms with van der Waals surface area (Å²) in [6.45, 7) is 7.64. The number of hydrogen-bond donors (Lipinski definition) is 0. The van der Waals surface area contributed by atoms with E-state index in [9.17, 15) is 14.4 Å². The van der Waals surface area contributed by atoms with Gasteiger partial charge in [-0.15, -0.1) is 0 Å². The van der Waals surface area contributed by atoms with E-state index in [-0.39, 0.29) is 31.5 Å². The summed E-state index contributed by atoms with van der Waals surface area (Å²) in [6.07, 6.45) is -0.127. The maximum Gasteiger partial charge on any atom is 0.328 e. The van der Waals surface area contributed by atoms with Gasteiger partial charge < -0.3 is 9.64 Å². The highest BCUT2D eigenvalue weighted by Crippen LogP contribution is 2.29. The molecule has 1 fully saturated rings. The number of carbonyl (C=O) groups is 3. The van der Waals surface area contributed by atoms with Crippen LogP contribution >= 0.6 is 0 Å². The maximum atomic E-state index is 12.8. The number of carbonyl (C=O) groups excluding carboxylic acids is 3. The van der Waals surface area contributed by atoms with E-state index in [0.29, 0.717) is 0 Å². The van der Waals surface area contributed by atoms with Gasteiger partial charge in [0.15, 0.2) is 0 Å². The molecule has 0 spiro atoms.